The molecule has 1 amide bonds. The summed E-state index contributed by atoms with van der Waals surface area (Å²) in [6, 6.07) is 9.83. The molecule has 1 spiro atoms. The highest BCUT2D eigenvalue weighted by Crippen LogP contribution is 2.43. The van der Waals surface area contributed by atoms with Crippen molar-refractivity contribution in [2.75, 3.05) is 10.6 Å². The molecule has 5 rings (SSSR count). The van der Waals surface area contributed by atoms with Crippen molar-refractivity contribution in [1.82, 2.24) is 8.96 Å². The largest absolute Gasteiger partial charge is 0.393 e. The van der Waals surface area contributed by atoms with E-state index in [1.807, 2.05) is 0 Å². The third-order valence-electron chi connectivity index (χ3n) is 5.52. The Morgan fingerprint density at radius 1 is 1.21 bits per heavy atom. The van der Waals surface area contributed by atoms with Crippen LogP contribution in [-0.4, -0.2) is 40.0 Å². The van der Waals surface area contributed by atoms with Crippen molar-refractivity contribution in [3.05, 3.63) is 48.8 Å². The van der Waals surface area contributed by atoms with Gasteiger partial charge in [0.15, 0.2) is 5.65 Å². The van der Waals surface area contributed by atoms with E-state index in [2.05, 4.69) is 15.6 Å². The average Bonchev–Trinajstić information content (AvgIpc) is 3.29. The standard InChI is InChI=1S/C19H18N4O4S/c24-12-6-8-19(10-12)18(25)21-15-11-20-17-14(16(15)22-19)7-9-23(17)28(26,27)13-4-2-1-3-5-13/h1-5,7,9,11-12,22,24H,6,8,10H2,(H,21,25). The maximum Gasteiger partial charge on any atom is 0.269 e. The molecule has 2 atom stereocenters. The normalized spacial score (nSPS) is 24.2. The van der Waals surface area contributed by atoms with E-state index in [-0.39, 0.29) is 16.4 Å². The van der Waals surface area contributed by atoms with E-state index in [9.17, 15) is 18.3 Å². The molecule has 0 bridgehead atoms. The molecule has 3 aromatic rings. The van der Waals surface area contributed by atoms with E-state index < -0.39 is 21.7 Å². The third kappa shape index (κ3) is 2.36. The summed E-state index contributed by atoms with van der Waals surface area (Å²) in [7, 11) is -3.80. The molecular formula is C19H18N4O4S. The zero-order valence-electron chi connectivity index (χ0n) is 14.8. The molecule has 8 nitrogen and oxygen atoms in total. The SMILES string of the molecule is O=C1Nc2cnc3c(ccn3S(=O)(=O)c3ccccc3)c2NC12CCC(O)C2. The van der Waals surface area contributed by atoms with Gasteiger partial charge in [0.1, 0.15) is 5.54 Å². The van der Waals surface area contributed by atoms with Crippen molar-refractivity contribution in [1.29, 1.82) is 0 Å². The Hall–Kier alpha value is -2.91. The first-order valence-electron chi connectivity index (χ1n) is 8.99. The number of aliphatic hydroxyl groups is 1. The second kappa shape index (κ2) is 5.79. The van der Waals surface area contributed by atoms with E-state index in [0.717, 1.165) is 3.97 Å². The molecule has 1 aliphatic heterocycles. The first-order chi connectivity index (χ1) is 13.4. The number of aliphatic hydroxyl groups excluding tert-OH is 1. The molecule has 1 aliphatic carbocycles. The number of aromatic nitrogens is 2. The zero-order valence-corrected chi connectivity index (χ0v) is 15.6. The van der Waals surface area contributed by atoms with Crippen LogP contribution in [0, 0.1) is 0 Å². The Balaban J connectivity index is 1.65. The van der Waals surface area contributed by atoms with E-state index in [1.165, 1.54) is 24.5 Å². The molecule has 144 valence electrons. The minimum Gasteiger partial charge on any atom is -0.393 e. The van der Waals surface area contributed by atoms with Gasteiger partial charge in [0.25, 0.3) is 10.0 Å². The van der Waals surface area contributed by atoms with Crippen LogP contribution < -0.4 is 10.6 Å². The van der Waals surface area contributed by atoms with Crippen LogP contribution in [-0.2, 0) is 14.8 Å². The predicted octanol–water partition coefficient (Wildman–Crippen LogP) is 1.92. The molecule has 2 aliphatic rings. The number of amides is 1. The highest BCUT2D eigenvalue weighted by Gasteiger charge is 2.48. The zero-order chi connectivity index (χ0) is 19.5. The summed E-state index contributed by atoms with van der Waals surface area (Å²) < 4.78 is 27.2. The van der Waals surface area contributed by atoms with Crippen LogP contribution in [0.25, 0.3) is 11.0 Å². The lowest BCUT2D eigenvalue weighted by Gasteiger charge is -2.35. The fourth-order valence-corrected chi connectivity index (χ4v) is 5.39. The minimum atomic E-state index is -3.80. The molecule has 1 fully saturated rings. The van der Waals surface area contributed by atoms with Crippen molar-refractivity contribution in [3.63, 3.8) is 0 Å². The molecule has 3 heterocycles. The van der Waals surface area contributed by atoms with Gasteiger partial charge in [-0.25, -0.2) is 17.4 Å². The number of benzene rings is 1. The summed E-state index contributed by atoms with van der Waals surface area (Å²) in [6.07, 6.45) is 3.73. The maximum absolute atomic E-state index is 13.0. The molecule has 28 heavy (non-hydrogen) atoms. The number of nitrogens with one attached hydrogen (secondary N) is 2. The number of nitrogens with zero attached hydrogens (tertiary/aromatic N) is 2. The lowest BCUT2D eigenvalue weighted by molar-refractivity contribution is -0.120. The average molecular weight is 398 g/mol. The van der Waals surface area contributed by atoms with Gasteiger partial charge in [-0.1, -0.05) is 18.2 Å². The van der Waals surface area contributed by atoms with Crippen molar-refractivity contribution in [2.24, 2.45) is 0 Å². The number of fused-ring (bicyclic) bond motifs is 3. The van der Waals surface area contributed by atoms with E-state index >= 15 is 0 Å². The molecule has 2 aromatic heterocycles. The van der Waals surface area contributed by atoms with E-state index in [1.54, 1.807) is 24.3 Å². The van der Waals surface area contributed by atoms with Gasteiger partial charge in [0, 0.05) is 18.0 Å². The second-order valence-electron chi connectivity index (χ2n) is 7.27. The van der Waals surface area contributed by atoms with Crippen LogP contribution in [0.4, 0.5) is 11.4 Å². The van der Waals surface area contributed by atoms with Crippen LogP contribution in [0.1, 0.15) is 19.3 Å². The first kappa shape index (κ1) is 17.2. The van der Waals surface area contributed by atoms with Gasteiger partial charge >= 0.3 is 0 Å². The molecule has 1 aromatic carbocycles. The van der Waals surface area contributed by atoms with Gasteiger partial charge in [0.05, 0.1) is 28.6 Å². The fraction of sp³-hybridized carbons (Fsp3) is 0.263. The van der Waals surface area contributed by atoms with E-state index in [4.69, 9.17) is 0 Å². The van der Waals surface area contributed by atoms with Crippen molar-refractivity contribution in [2.45, 2.75) is 35.8 Å². The number of carbonyl (C=O) groups is 1. The lowest BCUT2D eigenvalue weighted by Crippen LogP contribution is -2.51. The molecule has 2 unspecified atom stereocenters. The summed E-state index contributed by atoms with van der Waals surface area (Å²) in [5.74, 6) is -0.200. The van der Waals surface area contributed by atoms with Crippen molar-refractivity contribution >= 4 is 38.3 Å². The summed E-state index contributed by atoms with van der Waals surface area (Å²) in [5, 5.41) is 16.7. The number of hydrogen-bond donors (Lipinski definition) is 3. The van der Waals surface area contributed by atoms with Gasteiger partial charge in [-0.15, -0.1) is 0 Å². The Labute approximate surface area is 161 Å². The van der Waals surface area contributed by atoms with Crippen LogP contribution in [0.2, 0.25) is 0 Å². The minimum absolute atomic E-state index is 0.170. The molecular weight excluding hydrogens is 380 g/mol. The number of rotatable bonds is 2. The number of hydrogen-bond acceptors (Lipinski definition) is 6. The Kier molecular flexibility index (Phi) is 3.56. The number of carbonyl (C=O) groups excluding carboxylic acids is 1. The second-order valence-corrected chi connectivity index (χ2v) is 9.09. The van der Waals surface area contributed by atoms with Crippen LogP contribution in [0.3, 0.4) is 0 Å². The molecule has 0 saturated heterocycles. The van der Waals surface area contributed by atoms with Gasteiger partial charge in [-0.3, -0.25) is 4.79 Å². The maximum atomic E-state index is 13.0. The summed E-state index contributed by atoms with van der Waals surface area (Å²) in [5.41, 5.74) is 0.515. The lowest BCUT2D eigenvalue weighted by atomic mass is 9.92. The Morgan fingerprint density at radius 3 is 2.71 bits per heavy atom. The fourth-order valence-electron chi connectivity index (χ4n) is 4.07. The first-order valence-corrected chi connectivity index (χ1v) is 10.4. The summed E-state index contributed by atoms with van der Waals surface area (Å²) >= 11 is 0. The Morgan fingerprint density at radius 2 is 2.00 bits per heavy atom. The quantitative estimate of drug-likeness (QED) is 0.608. The van der Waals surface area contributed by atoms with Gasteiger partial charge in [-0.05, 0) is 31.0 Å². The highest BCUT2D eigenvalue weighted by atomic mass is 32.2. The molecule has 1 saturated carbocycles. The number of pyridine rings is 1. The third-order valence-corrected chi connectivity index (χ3v) is 7.20. The monoisotopic (exact) mass is 398 g/mol. The van der Waals surface area contributed by atoms with E-state index in [0.29, 0.717) is 36.0 Å². The van der Waals surface area contributed by atoms with Gasteiger partial charge in [-0.2, -0.15) is 0 Å². The van der Waals surface area contributed by atoms with Crippen LogP contribution >= 0.6 is 0 Å². The molecule has 9 heteroatoms. The van der Waals surface area contributed by atoms with Gasteiger partial charge in [0.2, 0.25) is 5.91 Å². The predicted molar refractivity (Wildman–Crippen MR) is 104 cm³/mol. The van der Waals surface area contributed by atoms with Crippen LogP contribution in [0.5, 0.6) is 0 Å². The smallest absolute Gasteiger partial charge is 0.269 e. The molecule has 3 N–H and O–H groups in total. The van der Waals surface area contributed by atoms with Crippen LogP contribution in [0.15, 0.2) is 53.7 Å². The van der Waals surface area contributed by atoms with Crippen molar-refractivity contribution in [3.8, 4) is 0 Å². The topological polar surface area (TPSA) is 113 Å². The summed E-state index contributed by atoms with van der Waals surface area (Å²) in [4.78, 5) is 17.1. The highest BCUT2D eigenvalue weighted by molar-refractivity contribution is 7.90. The van der Waals surface area contributed by atoms with Gasteiger partial charge < -0.3 is 15.7 Å². The number of anilines is 2. The Bertz CT molecular complexity index is 1210. The molecule has 0 radical (unpaired) electrons. The summed E-state index contributed by atoms with van der Waals surface area (Å²) in [6.45, 7) is 0. The van der Waals surface area contributed by atoms with Crippen molar-refractivity contribution < 1.29 is 18.3 Å².